The highest BCUT2D eigenvalue weighted by Gasteiger charge is 2.13. The molecule has 0 spiro atoms. The third kappa shape index (κ3) is 5.77. The Kier molecular flexibility index (Phi) is 7.20. The van der Waals surface area contributed by atoms with Crippen molar-refractivity contribution in [3.63, 3.8) is 0 Å². The van der Waals surface area contributed by atoms with Gasteiger partial charge < -0.3 is 14.8 Å². The Morgan fingerprint density at radius 1 is 1.24 bits per heavy atom. The van der Waals surface area contributed by atoms with Gasteiger partial charge in [-0.1, -0.05) is 38.1 Å². The van der Waals surface area contributed by atoms with Crippen molar-refractivity contribution in [3.05, 3.63) is 35.4 Å². The summed E-state index contributed by atoms with van der Waals surface area (Å²) in [5, 5.41) is 3.40. The summed E-state index contributed by atoms with van der Waals surface area (Å²) >= 11 is 0. The second-order valence-corrected chi connectivity index (χ2v) is 6.02. The van der Waals surface area contributed by atoms with Crippen LogP contribution in [0, 0.1) is 5.92 Å². The van der Waals surface area contributed by atoms with Crippen molar-refractivity contribution in [3.8, 4) is 0 Å². The van der Waals surface area contributed by atoms with Crippen molar-refractivity contribution in [1.29, 1.82) is 0 Å². The monoisotopic (exact) mass is 291 g/mol. The second-order valence-electron chi connectivity index (χ2n) is 6.02. The number of rotatable bonds is 8. The maximum Gasteiger partial charge on any atom is 0.0717 e. The molecule has 1 aliphatic rings. The van der Waals surface area contributed by atoms with Crippen LogP contribution in [0.15, 0.2) is 24.3 Å². The molecule has 3 heteroatoms. The molecule has 0 amide bonds. The van der Waals surface area contributed by atoms with E-state index >= 15 is 0 Å². The zero-order chi connectivity index (χ0) is 14.9. The molecule has 1 N–H and O–H groups in total. The molecule has 1 aromatic carbocycles. The number of hydrogen-bond donors (Lipinski definition) is 1. The van der Waals surface area contributed by atoms with Crippen molar-refractivity contribution in [2.45, 2.75) is 39.2 Å². The first-order chi connectivity index (χ1) is 10.3. The van der Waals surface area contributed by atoms with Crippen LogP contribution in [0.4, 0.5) is 0 Å². The van der Waals surface area contributed by atoms with Gasteiger partial charge in [0.2, 0.25) is 0 Å². The summed E-state index contributed by atoms with van der Waals surface area (Å²) < 4.78 is 11.2. The van der Waals surface area contributed by atoms with Crippen molar-refractivity contribution in [1.82, 2.24) is 5.32 Å². The van der Waals surface area contributed by atoms with E-state index < -0.39 is 0 Å². The molecular formula is C18H29NO2. The highest BCUT2D eigenvalue weighted by molar-refractivity contribution is 5.24. The minimum Gasteiger partial charge on any atom is -0.381 e. The van der Waals surface area contributed by atoms with E-state index in [0.29, 0.717) is 11.8 Å². The lowest BCUT2D eigenvalue weighted by Gasteiger charge is -2.21. The van der Waals surface area contributed by atoms with Crippen molar-refractivity contribution in [2.75, 3.05) is 32.9 Å². The Hall–Kier alpha value is -0.900. The molecule has 21 heavy (non-hydrogen) atoms. The van der Waals surface area contributed by atoms with Gasteiger partial charge in [0.15, 0.2) is 0 Å². The predicted octanol–water partition coefficient (Wildman–Crippen LogP) is 3.34. The van der Waals surface area contributed by atoms with Gasteiger partial charge >= 0.3 is 0 Å². The van der Waals surface area contributed by atoms with E-state index in [1.807, 2.05) is 0 Å². The van der Waals surface area contributed by atoms with Gasteiger partial charge in [-0.05, 0) is 42.3 Å². The molecule has 0 saturated carbocycles. The molecule has 0 aliphatic carbocycles. The normalized spacial score (nSPS) is 17.8. The summed E-state index contributed by atoms with van der Waals surface area (Å²) in [6.07, 6.45) is 2.28. The first-order valence-electron chi connectivity index (χ1n) is 8.24. The molecule has 1 unspecified atom stereocenters. The van der Waals surface area contributed by atoms with Crippen LogP contribution in [0.2, 0.25) is 0 Å². The zero-order valence-electron chi connectivity index (χ0n) is 13.4. The van der Waals surface area contributed by atoms with Crippen LogP contribution < -0.4 is 5.32 Å². The summed E-state index contributed by atoms with van der Waals surface area (Å²) in [4.78, 5) is 0. The third-order valence-corrected chi connectivity index (χ3v) is 4.21. The Bertz CT molecular complexity index is 385. The average Bonchev–Trinajstić information content (AvgIpc) is 2.54. The molecule has 0 aromatic heterocycles. The van der Waals surface area contributed by atoms with E-state index in [9.17, 15) is 0 Å². The maximum atomic E-state index is 5.86. The lowest BCUT2D eigenvalue weighted by atomic mass is 10.00. The molecule has 3 nitrogen and oxygen atoms in total. The standard InChI is InChI=1S/C18H29NO2/c1-3-19-12-15(2)18-6-4-16(5-7-18)13-21-14-17-8-10-20-11-9-17/h4-7,15,17,19H,3,8-14H2,1-2H3. The average molecular weight is 291 g/mol. The Morgan fingerprint density at radius 2 is 1.95 bits per heavy atom. The minimum atomic E-state index is 0.558. The predicted molar refractivity (Wildman–Crippen MR) is 86.6 cm³/mol. The second kappa shape index (κ2) is 9.19. The fourth-order valence-electron chi connectivity index (χ4n) is 2.68. The van der Waals surface area contributed by atoms with Crippen LogP contribution in [0.1, 0.15) is 43.7 Å². The van der Waals surface area contributed by atoms with Gasteiger partial charge in [0.05, 0.1) is 13.2 Å². The smallest absolute Gasteiger partial charge is 0.0717 e. The number of likely N-dealkylation sites (N-methyl/N-ethyl adjacent to an activating group) is 1. The highest BCUT2D eigenvalue weighted by Crippen LogP contribution is 2.17. The van der Waals surface area contributed by atoms with Crippen LogP contribution in [0.3, 0.4) is 0 Å². The van der Waals surface area contributed by atoms with Gasteiger partial charge in [-0.3, -0.25) is 0 Å². The van der Waals surface area contributed by atoms with E-state index in [1.54, 1.807) is 0 Å². The molecule has 1 saturated heterocycles. The maximum absolute atomic E-state index is 5.86. The highest BCUT2D eigenvalue weighted by atomic mass is 16.5. The molecule has 1 heterocycles. The van der Waals surface area contributed by atoms with Crippen LogP contribution in [-0.4, -0.2) is 32.9 Å². The molecular weight excluding hydrogens is 262 g/mol. The Labute approximate surface area is 129 Å². The van der Waals surface area contributed by atoms with Gasteiger partial charge in [-0.25, -0.2) is 0 Å². The zero-order valence-corrected chi connectivity index (χ0v) is 13.4. The lowest BCUT2D eigenvalue weighted by Crippen LogP contribution is -2.20. The number of benzene rings is 1. The summed E-state index contributed by atoms with van der Waals surface area (Å²) in [6.45, 7) is 9.85. The SMILES string of the molecule is CCNCC(C)c1ccc(COCC2CCOCC2)cc1. The molecule has 1 aromatic rings. The van der Waals surface area contributed by atoms with Gasteiger partial charge in [0.1, 0.15) is 0 Å². The summed E-state index contributed by atoms with van der Waals surface area (Å²) in [5.74, 6) is 1.24. The molecule has 0 radical (unpaired) electrons. The topological polar surface area (TPSA) is 30.5 Å². The fourth-order valence-corrected chi connectivity index (χ4v) is 2.68. The number of hydrogen-bond acceptors (Lipinski definition) is 3. The largest absolute Gasteiger partial charge is 0.381 e. The third-order valence-electron chi connectivity index (χ3n) is 4.21. The van der Waals surface area contributed by atoms with Gasteiger partial charge in [0.25, 0.3) is 0 Å². The lowest BCUT2D eigenvalue weighted by molar-refractivity contribution is 0.0157. The van der Waals surface area contributed by atoms with Gasteiger partial charge in [0, 0.05) is 19.8 Å². The number of nitrogens with one attached hydrogen (secondary N) is 1. The molecule has 1 fully saturated rings. The fraction of sp³-hybridized carbons (Fsp3) is 0.667. The summed E-state index contributed by atoms with van der Waals surface area (Å²) in [6, 6.07) is 8.85. The number of ether oxygens (including phenoxy) is 2. The molecule has 0 bridgehead atoms. The van der Waals surface area contributed by atoms with Crippen LogP contribution >= 0.6 is 0 Å². The van der Waals surface area contributed by atoms with E-state index in [4.69, 9.17) is 9.47 Å². The van der Waals surface area contributed by atoms with Crippen molar-refractivity contribution >= 4 is 0 Å². The first-order valence-corrected chi connectivity index (χ1v) is 8.24. The molecule has 1 aliphatic heterocycles. The van der Waals surface area contributed by atoms with Crippen LogP contribution in [-0.2, 0) is 16.1 Å². The van der Waals surface area contributed by atoms with Crippen LogP contribution in [0.25, 0.3) is 0 Å². The van der Waals surface area contributed by atoms with Crippen LogP contribution in [0.5, 0.6) is 0 Å². The van der Waals surface area contributed by atoms with Gasteiger partial charge in [-0.2, -0.15) is 0 Å². The van der Waals surface area contributed by atoms with E-state index in [-0.39, 0.29) is 0 Å². The van der Waals surface area contributed by atoms with Crippen molar-refractivity contribution in [2.24, 2.45) is 5.92 Å². The minimum absolute atomic E-state index is 0.558. The van der Waals surface area contributed by atoms with Gasteiger partial charge in [-0.15, -0.1) is 0 Å². The van der Waals surface area contributed by atoms with E-state index in [1.165, 1.54) is 11.1 Å². The van der Waals surface area contributed by atoms with E-state index in [0.717, 1.165) is 52.4 Å². The van der Waals surface area contributed by atoms with E-state index in [2.05, 4.69) is 43.4 Å². The summed E-state index contributed by atoms with van der Waals surface area (Å²) in [5.41, 5.74) is 2.66. The quantitative estimate of drug-likeness (QED) is 0.797. The van der Waals surface area contributed by atoms with Crippen molar-refractivity contribution < 1.29 is 9.47 Å². The summed E-state index contributed by atoms with van der Waals surface area (Å²) in [7, 11) is 0. The Morgan fingerprint density at radius 3 is 2.62 bits per heavy atom. The molecule has 1 atom stereocenters. The molecule has 118 valence electrons. The first kappa shape index (κ1) is 16.5. The Balaban J connectivity index is 1.71. The molecule has 2 rings (SSSR count).